The van der Waals surface area contributed by atoms with Gasteiger partial charge in [0.1, 0.15) is 5.82 Å². The van der Waals surface area contributed by atoms with Crippen molar-refractivity contribution in [3.05, 3.63) is 57.5 Å². The molecule has 0 unspecified atom stereocenters. The van der Waals surface area contributed by atoms with Gasteiger partial charge in [-0.1, -0.05) is 18.2 Å². The molecule has 0 saturated heterocycles. The molecule has 1 aromatic heterocycles. The Hall–Kier alpha value is -2.54. The number of carbonyl (C=O) groups excluding carboxylic acids is 3. The lowest BCUT2D eigenvalue weighted by atomic mass is 10.1. The van der Waals surface area contributed by atoms with Gasteiger partial charge in [0.2, 0.25) is 11.7 Å². The summed E-state index contributed by atoms with van der Waals surface area (Å²) in [6.07, 6.45) is 0.414. The number of thiophene rings is 1. The SMILES string of the molecule is CC(=O)NCCc1ccc(C(=O)COC(=O)Cc2ccccc2F)s1. The molecule has 5 nitrogen and oxygen atoms in total. The Kier molecular flexibility index (Phi) is 6.82. The molecule has 0 spiro atoms. The second-order valence-corrected chi connectivity index (χ2v) is 6.52. The van der Waals surface area contributed by atoms with Crippen molar-refractivity contribution in [3.63, 3.8) is 0 Å². The second kappa shape index (κ2) is 9.08. The van der Waals surface area contributed by atoms with E-state index in [-0.39, 0.29) is 30.3 Å². The van der Waals surface area contributed by atoms with Gasteiger partial charge in [0.15, 0.2) is 6.61 Å². The molecule has 1 N–H and O–H groups in total. The van der Waals surface area contributed by atoms with Crippen LogP contribution >= 0.6 is 11.3 Å². The van der Waals surface area contributed by atoms with Gasteiger partial charge < -0.3 is 10.1 Å². The number of rotatable bonds is 8. The summed E-state index contributed by atoms with van der Waals surface area (Å²) in [5.41, 5.74) is 0.233. The molecular weight excluding hydrogens is 345 g/mol. The quantitative estimate of drug-likeness (QED) is 0.578. The van der Waals surface area contributed by atoms with Crippen molar-refractivity contribution in [2.45, 2.75) is 19.8 Å². The molecule has 0 aliphatic rings. The molecule has 0 aliphatic heterocycles. The first-order valence-electron chi connectivity index (χ1n) is 7.71. The van der Waals surface area contributed by atoms with E-state index in [2.05, 4.69) is 5.32 Å². The number of hydrogen-bond donors (Lipinski definition) is 1. The summed E-state index contributed by atoms with van der Waals surface area (Å²) in [4.78, 5) is 36.0. The lowest BCUT2D eigenvalue weighted by molar-refractivity contribution is -0.141. The molecular formula is C18H18FNO4S. The van der Waals surface area contributed by atoms with Gasteiger partial charge in [0.25, 0.3) is 0 Å². The van der Waals surface area contributed by atoms with E-state index in [0.29, 0.717) is 17.8 Å². The molecule has 1 aromatic carbocycles. The predicted molar refractivity (Wildman–Crippen MR) is 92.1 cm³/mol. The van der Waals surface area contributed by atoms with Crippen LogP contribution in [0.2, 0.25) is 0 Å². The van der Waals surface area contributed by atoms with Crippen molar-refractivity contribution in [1.29, 1.82) is 0 Å². The molecule has 1 heterocycles. The fourth-order valence-electron chi connectivity index (χ4n) is 2.09. The van der Waals surface area contributed by atoms with E-state index in [9.17, 15) is 18.8 Å². The number of Topliss-reactive ketones (excluding diaryl/α,β-unsaturated/α-hetero) is 1. The number of carbonyl (C=O) groups is 3. The van der Waals surface area contributed by atoms with Crippen LogP contribution in [0.5, 0.6) is 0 Å². The molecule has 132 valence electrons. The average Bonchev–Trinajstić information content (AvgIpc) is 3.03. The topological polar surface area (TPSA) is 72.5 Å². The average molecular weight is 363 g/mol. The highest BCUT2D eigenvalue weighted by Crippen LogP contribution is 2.17. The number of hydrogen-bond acceptors (Lipinski definition) is 5. The summed E-state index contributed by atoms with van der Waals surface area (Å²) in [7, 11) is 0. The van der Waals surface area contributed by atoms with Gasteiger partial charge in [-0.2, -0.15) is 0 Å². The van der Waals surface area contributed by atoms with Crippen LogP contribution < -0.4 is 5.32 Å². The van der Waals surface area contributed by atoms with Gasteiger partial charge in [0.05, 0.1) is 11.3 Å². The number of halogens is 1. The highest BCUT2D eigenvalue weighted by Gasteiger charge is 2.14. The lowest BCUT2D eigenvalue weighted by Crippen LogP contribution is -2.22. The molecule has 0 bridgehead atoms. The van der Waals surface area contributed by atoms with E-state index < -0.39 is 11.8 Å². The molecule has 2 rings (SSSR count). The molecule has 0 saturated carbocycles. The van der Waals surface area contributed by atoms with Crippen molar-refractivity contribution in [3.8, 4) is 0 Å². The Morgan fingerprint density at radius 1 is 1.16 bits per heavy atom. The first-order chi connectivity index (χ1) is 12.0. The van der Waals surface area contributed by atoms with Crippen LogP contribution in [-0.2, 0) is 27.2 Å². The van der Waals surface area contributed by atoms with E-state index >= 15 is 0 Å². The summed E-state index contributed by atoms with van der Waals surface area (Å²) in [6.45, 7) is 1.57. The Morgan fingerprint density at radius 2 is 1.92 bits per heavy atom. The van der Waals surface area contributed by atoms with Gasteiger partial charge in [-0.05, 0) is 30.2 Å². The van der Waals surface area contributed by atoms with Crippen LogP contribution in [0, 0.1) is 5.82 Å². The molecule has 2 aromatic rings. The zero-order chi connectivity index (χ0) is 18.2. The Morgan fingerprint density at radius 3 is 2.64 bits per heavy atom. The minimum atomic E-state index is -0.652. The minimum absolute atomic E-state index is 0.102. The first-order valence-corrected chi connectivity index (χ1v) is 8.52. The van der Waals surface area contributed by atoms with E-state index in [1.165, 1.54) is 36.5 Å². The molecule has 1 amide bonds. The summed E-state index contributed by atoms with van der Waals surface area (Å²) in [6, 6.07) is 9.40. The van der Waals surface area contributed by atoms with Crippen LogP contribution in [0.25, 0.3) is 0 Å². The van der Waals surface area contributed by atoms with Crippen LogP contribution in [0.15, 0.2) is 36.4 Å². The number of benzene rings is 1. The van der Waals surface area contributed by atoms with Crippen molar-refractivity contribution in [2.75, 3.05) is 13.2 Å². The van der Waals surface area contributed by atoms with Crippen LogP contribution in [-0.4, -0.2) is 30.8 Å². The fraction of sp³-hybridized carbons (Fsp3) is 0.278. The van der Waals surface area contributed by atoms with Crippen molar-refractivity contribution < 1.29 is 23.5 Å². The summed E-state index contributed by atoms with van der Waals surface area (Å²) >= 11 is 1.30. The second-order valence-electron chi connectivity index (χ2n) is 5.35. The summed E-state index contributed by atoms with van der Waals surface area (Å²) < 4.78 is 18.4. The van der Waals surface area contributed by atoms with Crippen molar-refractivity contribution in [1.82, 2.24) is 5.32 Å². The van der Waals surface area contributed by atoms with Gasteiger partial charge in [-0.25, -0.2) is 4.39 Å². The third-order valence-electron chi connectivity index (χ3n) is 3.34. The third kappa shape index (κ3) is 6.11. The van der Waals surface area contributed by atoms with Gasteiger partial charge in [-0.15, -0.1) is 11.3 Å². The maximum Gasteiger partial charge on any atom is 0.310 e. The van der Waals surface area contributed by atoms with E-state index in [1.54, 1.807) is 18.2 Å². The maximum absolute atomic E-state index is 13.5. The van der Waals surface area contributed by atoms with Crippen LogP contribution in [0.3, 0.4) is 0 Å². The van der Waals surface area contributed by atoms with E-state index in [4.69, 9.17) is 4.74 Å². The predicted octanol–water partition coefficient (Wildman–Crippen LogP) is 2.53. The van der Waals surface area contributed by atoms with Gasteiger partial charge in [0, 0.05) is 18.3 Å². The molecule has 0 atom stereocenters. The number of ketones is 1. The molecule has 0 fully saturated rings. The molecule has 25 heavy (non-hydrogen) atoms. The van der Waals surface area contributed by atoms with E-state index in [1.807, 2.05) is 0 Å². The largest absolute Gasteiger partial charge is 0.457 e. The highest BCUT2D eigenvalue weighted by atomic mass is 32.1. The zero-order valence-corrected chi connectivity index (χ0v) is 14.5. The molecule has 0 radical (unpaired) electrons. The van der Waals surface area contributed by atoms with Gasteiger partial charge in [-0.3, -0.25) is 14.4 Å². The summed E-state index contributed by atoms with van der Waals surface area (Å²) in [5.74, 6) is -1.54. The zero-order valence-electron chi connectivity index (χ0n) is 13.7. The number of nitrogens with one attached hydrogen (secondary N) is 1. The Labute approximate surface area is 148 Å². The normalized spacial score (nSPS) is 10.3. The number of esters is 1. The van der Waals surface area contributed by atoms with Gasteiger partial charge >= 0.3 is 5.97 Å². The van der Waals surface area contributed by atoms with E-state index in [0.717, 1.165) is 4.88 Å². The number of amides is 1. The summed E-state index contributed by atoms with van der Waals surface area (Å²) in [5, 5.41) is 2.68. The smallest absolute Gasteiger partial charge is 0.310 e. The standard InChI is InChI=1S/C18H18FNO4S/c1-12(21)20-9-8-14-6-7-17(25-14)16(22)11-24-18(23)10-13-4-2-3-5-15(13)19/h2-7H,8-11H2,1H3,(H,20,21). The Bertz CT molecular complexity index is 772. The lowest BCUT2D eigenvalue weighted by Gasteiger charge is -2.04. The van der Waals surface area contributed by atoms with Crippen LogP contribution in [0.4, 0.5) is 4.39 Å². The fourth-order valence-corrected chi connectivity index (χ4v) is 3.02. The highest BCUT2D eigenvalue weighted by molar-refractivity contribution is 7.14. The Balaban J connectivity index is 1.80. The molecule has 0 aliphatic carbocycles. The van der Waals surface area contributed by atoms with Crippen molar-refractivity contribution in [2.24, 2.45) is 0 Å². The first kappa shape index (κ1) is 18.8. The minimum Gasteiger partial charge on any atom is -0.457 e. The molecule has 7 heteroatoms. The number of ether oxygens (including phenoxy) is 1. The van der Waals surface area contributed by atoms with Crippen molar-refractivity contribution >= 4 is 29.0 Å². The monoisotopic (exact) mass is 363 g/mol. The van der Waals surface area contributed by atoms with Crippen LogP contribution in [0.1, 0.15) is 27.0 Å². The maximum atomic E-state index is 13.5. The third-order valence-corrected chi connectivity index (χ3v) is 4.52.